The lowest BCUT2D eigenvalue weighted by atomic mass is 9.95. The molecule has 2 aromatic rings. The first-order valence-electron chi connectivity index (χ1n) is 9.85. The number of nitrogens with zero attached hydrogens (tertiary/aromatic N) is 4. The highest BCUT2D eigenvalue weighted by atomic mass is 16.5. The van der Waals surface area contributed by atoms with Gasteiger partial charge in [0.15, 0.2) is 0 Å². The summed E-state index contributed by atoms with van der Waals surface area (Å²) in [6.45, 7) is 9.02. The number of rotatable bonds is 8. The van der Waals surface area contributed by atoms with Gasteiger partial charge in [-0.25, -0.2) is 9.97 Å². The minimum Gasteiger partial charge on any atom is -0.489 e. The van der Waals surface area contributed by atoms with Gasteiger partial charge in [-0.15, -0.1) is 0 Å². The van der Waals surface area contributed by atoms with E-state index in [9.17, 15) is 4.79 Å². The van der Waals surface area contributed by atoms with Gasteiger partial charge in [0.1, 0.15) is 12.4 Å². The molecule has 0 saturated carbocycles. The SMILES string of the molecule is C=CCOc1ccccc1CN(CC)C(=O)C1CCN(c2ncccn2)CC1. The van der Waals surface area contributed by atoms with Crippen LogP contribution in [0.4, 0.5) is 5.95 Å². The Balaban J connectivity index is 1.61. The number of hydrogen-bond acceptors (Lipinski definition) is 5. The van der Waals surface area contributed by atoms with Crippen LogP contribution in [0.1, 0.15) is 25.3 Å². The zero-order valence-electron chi connectivity index (χ0n) is 16.5. The van der Waals surface area contributed by atoms with Crippen LogP contribution in [-0.2, 0) is 11.3 Å². The van der Waals surface area contributed by atoms with Crippen LogP contribution in [0.3, 0.4) is 0 Å². The number of ether oxygens (including phenoxy) is 1. The molecule has 0 spiro atoms. The second-order valence-corrected chi connectivity index (χ2v) is 6.87. The van der Waals surface area contributed by atoms with E-state index in [0.717, 1.165) is 43.2 Å². The molecule has 6 nitrogen and oxygen atoms in total. The third-order valence-corrected chi connectivity index (χ3v) is 5.06. The van der Waals surface area contributed by atoms with E-state index in [1.165, 1.54) is 0 Å². The first-order chi connectivity index (χ1) is 13.7. The summed E-state index contributed by atoms with van der Waals surface area (Å²) >= 11 is 0. The second-order valence-electron chi connectivity index (χ2n) is 6.87. The normalized spacial score (nSPS) is 14.5. The molecule has 6 heteroatoms. The Kier molecular flexibility index (Phi) is 7.00. The fourth-order valence-electron chi connectivity index (χ4n) is 3.51. The Hall–Kier alpha value is -2.89. The van der Waals surface area contributed by atoms with Crippen LogP contribution >= 0.6 is 0 Å². The van der Waals surface area contributed by atoms with E-state index < -0.39 is 0 Å². The van der Waals surface area contributed by atoms with Gasteiger partial charge in [-0.3, -0.25) is 4.79 Å². The summed E-state index contributed by atoms with van der Waals surface area (Å²) in [6.07, 6.45) is 6.88. The molecule has 1 aromatic heterocycles. The van der Waals surface area contributed by atoms with Gasteiger partial charge in [0.05, 0.1) is 0 Å². The fraction of sp³-hybridized carbons (Fsp3) is 0.409. The summed E-state index contributed by atoms with van der Waals surface area (Å²) in [6, 6.07) is 9.70. The molecule has 0 bridgehead atoms. The molecule has 2 heterocycles. The monoisotopic (exact) mass is 380 g/mol. The van der Waals surface area contributed by atoms with Crippen molar-refractivity contribution >= 4 is 11.9 Å². The molecule has 28 heavy (non-hydrogen) atoms. The largest absolute Gasteiger partial charge is 0.489 e. The summed E-state index contributed by atoms with van der Waals surface area (Å²) in [5, 5.41) is 0. The minimum absolute atomic E-state index is 0.0427. The van der Waals surface area contributed by atoms with Gasteiger partial charge >= 0.3 is 0 Å². The van der Waals surface area contributed by atoms with Crippen molar-refractivity contribution in [3.63, 3.8) is 0 Å². The maximum atomic E-state index is 13.1. The standard InChI is InChI=1S/C22H28N4O2/c1-3-16-28-20-9-6-5-8-19(20)17-25(4-2)21(27)18-10-14-26(15-11-18)22-23-12-7-13-24-22/h3,5-9,12-13,18H,1,4,10-11,14-17H2,2H3. The van der Waals surface area contributed by atoms with Crippen molar-refractivity contribution in [3.8, 4) is 5.75 Å². The molecule has 0 atom stereocenters. The Morgan fingerprint density at radius 2 is 1.96 bits per heavy atom. The quantitative estimate of drug-likeness (QED) is 0.658. The number of para-hydroxylation sites is 1. The van der Waals surface area contributed by atoms with Gasteiger partial charge in [-0.1, -0.05) is 30.9 Å². The molecule has 0 N–H and O–H groups in total. The zero-order valence-corrected chi connectivity index (χ0v) is 16.5. The lowest BCUT2D eigenvalue weighted by molar-refractivity contribution is -0.136. The van der Waals surface area contributed by atoms with Crippen LogP contribution in [-0.4, -0.2) is 47.0 Å². The van der Waals surface area contributed by atoms with Crippen LogP contribution in [0.15, 0.2) is 55.4 Å². The van der Waals surface area contributed by atoms with Crippen molar-refractivity contribution in [1.29, 1.82) is 0 Å². The molecule has 0 aliphatic carbocycles. The van der Waals surface area contributed by atoms with E-state index in [-0.39, 0.29) is 11.8 Å². The van der Waals surface area contributed by atoms with Crippen molar-refractivity contribution in [2.45, 2.75) is 26.3 Å². The van der Waals surface area contributed by atoms with E-state index in [4.69, 9.17) is 4.74 Å². The van der Waals surface area contributed by atoms with Crippen molar-refractivity contribution in [2.75, 3.05) is 31.1 Å². The third kappa shape index (κ3) is 4.88. The number of aromatic nitrogens is 2. The maximum absolute atomic E-state index is 13.1. The highest BCUT2D eigenvalue weighted by Crippen LogP contribution is 2.25. The van der Waals surface area contributed by atoms with Gasteiger partial charge in [0, 0.05) is 50.1 Å². The van der Waals surface area contributed by atoms with Crippen LogP contribution in [0.25, 0.3) is 0 Å². The van der Waals surface area contributed by atoms with Crippen LogP contribution in [0, 0.1) is 5.92 Å². The minimum atomic E-state index is 0.0427. The molecule has 148 valence electrons. The average Bonchev–Trinajstić information content (AvgIpc) is 2.77. The molecule has 0 unspecified atom stereocenters. The highest BCUT2D eigenvalue weighted by molar-refractivity contribution is 5.79. The molecule has 0 radical (unpaired) electrons. The Morgan fingerprint density at radius 1 is 1.25 bits per heavy atom. The summed E-state index contributed by atoms with van der Waals surface area (Å²) in [7, 11) is 0. The molecule has 1 aliphatic rings. The number of anilines is 1. The summed E-state index contributed by atoms with van der Waals surface area (Å²) in [5.74, 6) is 1.81. The number of hydrogen-bond donors (Lipinski definition) is 0. The molecule has 1 saturated heterocycles. The Bertz CT molecular complexity index is 773. The molecular formula is C22H28N4O2. The van der Waals surface area contributed by atoms with Crippen molar-refractivity contribution in [3.05, 3.63) is 60.9 Å². The molecule has 1 aromatic carbocycles. The number of piperidine rings is 1. The van der Waals surface area contributed by atoms with Crippen LogP contribution < -0.4 is 9.64 Å². The lowest BCUT2D eigenvalue weighted by Crippen LogP contribution is -2.42. The first kappa shape index (κ1) is 19.9. The molecular weight excluding hydrogens is 352 g/mol. The predicted octanol–water partition coefficient (Wildman–Crippen LogP) is 3.31. The average molecular weight is 380 g/mol. The van der Waals surface area contributed by atoms with Crippen molar-refractivity contribution < 1.29 is 9.53 Å². The van der Waals surface area contributed by atoms with Crippen molar-refractivity contribution in [1.82, 2.24) is 14.9 Å². The summed E-state index contributed by atoms with van der Waals surface area (Å²) in [4.78, 5) is 25.8. The molecule has 3 rings (SSSR count). The number of carbonyl (C=O) groups is 1. The zero-order chi connectivity index (χ0) is 19.8. The molecule has 1 fully saturated rings. The van der Waals surface area contributed by atoms with Gasteiger partial charge in [-0.2, -0.15) is 0 Å². The lowest BCUT2D eigenvalue weighted by Gasteiger charge is -2.34. The fourth-order valence-corrected chi connectivity index (χ4v) is 3.51. The first-order valence-corrected chi connectivity index (χ1v) is 9.85. The van der Waals surface area contributed by atoms with E-state index in [0.29, 0.717) is 19.7 Å². The van der Waals surface area contributed by atoms with Gasteiger partial charge in [0.25, 0.3) is 0 Å². The Labute approximate surface area is 166 Å². The summed E-state index contributed by atoms with van der Waals surface area (Å²) in [5.41, 5.74) is 1.02. The summed E-state index contributed by atoms with van der Waals surface area (Å²) < 4.78 is 5.74. The van der Waals surface area contributed by atoms with Gasteiger partial charge < -0.3 is 14.5 Å². The maximum Gasteiger partial charge on any atom is 0.226 e. The predicted molar refractivity (Wildman–Crippen MR) is 110 cm³/mol. The van der Waals surface area contributed by atoms with E-state index >= 15 is 0 Å². The number of benzene rings is 1. The van der Waals surface area contributed by atoms with E-state index in [1.54, 1.807) is 18.5 Å². The topological polar surface area (TPSA) is 58.6 Å². The number of carbonyl (C=O) groups excluding carboxylic acids is 1. The third-order valence-electron chi connectivity index (χ3n) is 5.06. The molecule has 1 aliphatic heterocycles. The highest BCUT2D eigenvalue weighted by Gasteiger charge is 2.29. The van der Waals surface area contributed by atoms with Crippen molar-refractivity contribution in [2.24, 2.45) is 5.92 Å². The number of amides is 1. The second kappa shape index (κ2) is 9.88. The smallest absolute Gasteiger partial charge is 0.226 e. The van der Waals surface area contributed by atoms with Crippen LogP contribution in [0.5, 0.6) is 5.75 Å². The van der Waals surface area contributed by atoms with E-state index in [2.05, 4.69) is 21.4 Å². The van der Waals surface area contributed by atoms with E-state index in [1.807, 2.05) is 42.2 Å². The Morgan fingerprint density at radius 3 is 2.64 bits per heavy atom. The van der Waals surface area contributed by atoms with Gasteiger partial charge in [-0.05, 0) is 31.9 Å². The van der Waals surface area contributed by atoms with Crippen LogP contribution in [0.2, 0.25) is 0 Å². The molecule has 1 amide bonds. The van der Waals surface area contributed by atoms with Gasteiger partial charge in [0.2, 0.25) is 11.9 Å².